The zero-order valence-electron chi connectivity index (χ0n) is 7.27. The van der Waals surface area contributed by atoms with Crippen LogP contribution in [0.4, 0.5) is 0 Å². The highest BCUT2D eigenvalue weighted by atomic mass is 14.7. The van der Waals surface area contributed by atoms with E-state index < -0.39 is 0 Å². The first kappa shape index (κ1) is 8.62. The van der Waals surface area contributed by atoms with Gasteiger partial charge in [-0.3, -0.25) is 0 Å². The Morgan fingerprint density at radius 2 is 1.91 bits per heavy atom. The van der Waals surface area contributed by atoms with E-state index in [1.807, 2.05) is 6.92 Å². The summed E-state index contributed by atoms with van der Waals surface area (Å²) in [6.45, 7) is 1.98. The highest BCUT2D eigenvalue weighted by Crippen LogP contribution is 2.30. The third-order valence-electron chi connectivity index (χ3n) is 2.76. The molecular formula is C10H17N. The number of terminal acetylenes is 1. The maximum absolute atomic E-state index is 5.95. The first-order chi connectivity index (χ1) is 5.17. The quantitative estimate of drug-likeness (QED) is 0.569. The van der Waals surface area contributed by atoms with Crippen molar-refractivity contribution in [3.63, 3.8) is 0 Å². The minimum Gasteiger partial charge on any atom is -0.315 e. The van der Waals surface area contributed by atoms with Gasteiger partial charge in [-0.2, -0.15) is 0 Å². The van der Waals surface area contributed by atoms with Gasteiger partial charge in [-0.25, -0.2) is 0 Å². The maximum atomic E-state index is 5.95. The molecule has 0 heterocycles. The van der Waals surface area contributed by atoms with Crippen molar-refractivity contribution in [3.8, 4) is 12.3 Å². The van der Waals surface area contributed by atoms with Crippen LogP contribution in [-0.2, 0) is 0 Å². The van der Waals surface area contributed by atoms with E-state index in [4.69, 9.17) is 12.2 Å². The summed E-state index contributed by atoms with van der Waals surface area (Å²) in [6.07, 6.45) is 11.8. The SMILES string of the molecule is C#C[C@](C)(N)C1CCCCC1. The molecule has 1 atom stereocenters. The third-order valence-corrected chi connectivity index (χ3v) is 2.76. The highest BCUT2D eigenvalue weighted by Gasteiger charge is 2.28. The summed E-state index contributed by atoms with van der Waals surface area (Å²) in [5.41, 5.74) is 5.59. The average Bonchev–Trinajstić information content (AvgIpc) is 2.06. The molecule has 0 saturated heterocycles. The van der Waals surface area contributed by atoms with Crippen LogP contribution < -0.4 is 5.73 Å². The summed E-state index contributed by atoms with van der Waals surface area (Å²) in [6, 6.07) is 0. The van der Waals surface area contributed by atoms with Gasteiger partial charge >= 0.3 is 0 Å². The summed E-state index contributed by atoms with van der Waals surface area (Å²) < 4.78 is 0. The smallest absolute Gasteiger partial charge is 0.0773 e. The van der Waals surface area contributed by atoms with Crippen molar-refractivity contribution in [1.29, 1.82) is 0 Å². The predicted molar refractivity (Wildman–Crippen MR) is 48.0 cm³/mol. The lowest BCUT2D eigenvalue weighted by atomic mass is 9.77. The Labute approximate surface area is 69.4 Å². The molecule has 0 unspecified atom stereocenters. The van der Waals surface area contributed by atoms with Crippen LogP contribution in [0, 0.1) is 18.3 Å². The van der Waals surface area contributed by atoms with Crippen molar-refractivity contribution in [1.82, 2.24) is 0 Å². The van der Waals surface area contributed by atoms with Gasteiger partial charge < -0.3 is 5.73 Å². The van der Waals surface area contributed by atoms with E-state index in [2.05, 4.69) is 5.92 Å². The monoisotopic (exact) mass is 151 g/mol. The normalized spacial score (nSPS) is 25.5. The number of rotatable bonds is 1. The summed E-state index contributed by atoms with van der Waals surface area (Å²) >= 11 is 0. The molecule has 0 aromatic rings. The van der Waals surface area contributed by atoms with Gasteiger partial charge in [0, 0.05) is 0 Å². The molecule has 1 nitrogen and oxygen atoms in total. The van der Waals surface area contributed by atoms with E-state index in [0.29, 0.717) is 5.92 Å². The van der Waals surface area contributed by atoms with Crippen molar-refractivity contribution >= 4 is 0 Å². The Kier molecular flexibility index (Phi) is 2.57. The number of hydrogen-bond donors (Lipinski definition) is 1. The fourth-order valence-corrected chi connectivity index (χ4v) is 1.82. The van der Waals surface area contributed by atoms with Crippen molar-refractivity contribution < 1.29 is 0 Å². The molecule has 0 aliphatic heterocycles. The molecule has 11 heavy (non-hydrogen) atoms. The summed E-state index contributed by atoms with van der Waals surface area (Å²) in [5.74, 6) is 3.25. The fourth-order valence-electron chi connectivity index (χ4n) is 1.82. The molecule has 0 spiro atoms. The molecule has 62 valence electrons. The van der Waals surface area contributed by atoms with Gasteiger partial charge in [0.25, 0.3) is 0 Å². The molecular weight excluding hydrogens is 134 g/mol. The lowest BCUT2D eigenvalue weighted by Crippen LogP contribution is -2.43. The molecule has 0 radical (unpaired) electrons. The van der Waals surface area contributed by atoms with Crippen molar-refractivity contribution in [3.05, 3.63) is 0 Å². The van der Waals surface area contributed by atoms with Gasteiger partial charge in [-0.15, -0.1) is 6.42 Å². The van der Waals surface area contributed by atoms with Crippen LogP contribution in [0.15, 0.2) is 0 Å². The standard InChI is InChI=1S/C10H17N/c1-3-10(2,11)9-7-5-4-6-8-9/h1,9H,4-8,11H2,2H3/t10-/m0/s1. The van der Waals surface area contributed by atoms with Gasteiger partial charge in [0.2, 0.25) is 0 Å². The molecule has 0 aromatic carbocycles. The molecule has 1 aliphatic rings. The molecule has 0 bridgehead atoms. The van der Waals surface area contributed by atoms with Crippen LogP contribution in [0.1, 0.15) is 39.0 Å². The van der Waals surface area contributed by atoms with E-state index in [-0.39, 0.29) is 5.54 Å². The first-order valence-corrected chi connectivity index (χ1v) is 4.43. The van der Waals surface area contributed by atoms with Gasteiger partial charge in [-0.1, -0.05) is 25.2 Å². The summed E-state index contributed by atoms with van der Waals surface area (Å²) in [7, 11) is 0. The Balaban J connectivity index is 2.52. The van der Waals surface area contributed by atoms with E-state index >= 15 is 0 Å². The predicted octanol–water partition coefficient (Wildman–Crippen LogP) is 1.92. The van der Waals surface area contributed by atoms with Crippen LogP contribution >= 0.6 is 0 Å². The summed E-state index contributed by atoms with van der Waals surface area (Å²) in [5, 5.41) is 0. The minimum atomic E-state index is -0.361. The maximum Gasteiger partial charge on any atom is 0.0773 e. The van der Waals surface area contributed by atoms with Crippen LogP contribution in [0.3, 0.4) is 0 Å². The second-order valence-electron chi connectivity index (χ2n) is 3.76. The lowest BCUT2D eigenvalue weighted by molar-refractivity contribution is 0.272. The van der Waals surface area contributed by atoms with E-state index in [1.165, 1.54) is 32.1 Å². The molecule has 1 aliphatic carbocycles. The van der Waals surface area contributed by atoms with E-state index in [9.17, 15) is 0 Å². The van der Waals surface area contributed by atoms with E-state index in [0.717, 1.165) is 0 Å². The van der Waals surface area contributed by atoms with Gasteiger partial charge in [0.05, 0.1) is 5.54 Å². The van der Waals surface area contributed by atoms with Crippen LogP contribution in [0.25, 0.3) is 0 Å². The van der Waals surface area contributed by atoms with Crippen molar-refractivity contribution in [2.24, 2.45) is 11.7 Å². The minimum absolute atomic E-state index is 0.361. The third kappa shape index (κ3) is 1.97. The first-order valence-electron chi connectivity index (χ1n) is 4.43. The van der Waals surface area contributed by atoms with Crippen molar-refractivity contribution in [2.75, 3.05) is 0 Å². The zero-order valence-corrected chi connectivity index (χ0v) is 7.27. The van der Waals surface area contributed by atoms with E-state index in [1.54, 1.807) is 0 Å². The van der Waals surface area contributed by atoms with Gasteiger partial charge in [0.15, 0.2) is 0 Å². The molecule has 0 aromatic heterocycles. The molecule has 1 saturated carbocycles. The largest absolute Gasteiger partial charge is 0.315 e. The molecule has 2 N–H and O–H groups in total. The Morgan fingerprint density at radius 3 is 2.36 bits per heavy atom. The van der Waals surface area contributed by atoms with Crippen LogP contribution in [0.5, 0.6) is 0 Å². The number of hydrogen-bond acceptors (Lipinski definition) is 1. The fraction of sp³-hybridized carbons (Fsp3) is 0.800. The highest BCUT2D eigenvalue weighted by molar-refractivity contribution is 5.11. The van der Waals surface area contributed by atoms with Crippen LogP contribution in [0.2, 0.25) is 0 Å². The molecule has 1 fully saturated rings. The number of nitrogens with two attached hydrogens (primary N) is 1. The molecule has 1 heteroatoms. The van der Waals surface area contributed by atoms with Crippen molar-refractivity contribution in [2.45, 2.75) is 44.6 Å². The second kappa shape index (κ2) is 3.28. The second-order valence-corrected chi connectivity index (χ2v) is 3.76. The van der Waals surface area contributed by atoms with Crippen LogP contribution in [-0.4, -0.2) is 5.54 Å². The summed E-state index contributed by atoms with van der Waals surface area (Å²) in [4.78, 5) is 0. The lowest BCUT2D eigenvalue weighted by Gasteiger charge is -2.32. The topological polar surface area (TPSA) is 26.0 Å². The molecule has 1 rings (SSSR count). The Morgan fingerprint density at radius 1 is 1.36 bits per heavy atom. The molecule has 0 amide bonds. The Bertz CT molecular complexity index is 158. The van der Waals surface area contributed by atoms with Gasteiger partial charge in [0.1, 0.15) is 0 Å². The van der Waals surface area contributed by atoms with Gasteiger partial charge in [-0.05, 0) is 25.7 Å². The zero-order chi connectivity index (χ0) is 8.32. The Hall–Kier alpha value is -0.480. The average molecular weight is 151 g/mol.